The van der Waals surface area contributed by atoms with Gasteiger partial charge in [-0.25, -0.2) is 0 Å². The number of likely N-dealkylation sites (N-methyl/N-ethyl adjacent to an activating group) is 1. The van der Waals surface area contributed by atoms with E-state index in [-0.39, 0.29) is 17.7 Å². The summed E-state index contributed by atoms with van der Waals surface area (Å²) in [4.78, 5) is 17.3. The van der Waals surface area contributed by atoms with Gasteiger partial charge in [0.05, 0.1) is 19.1 Å². The van der Waals surface area contributed by atoms with Gasteiger partial charge in [0.1, 0.15) is 0 Å². The van der Waals surface area contributed by atoms with Crippen LogP contribution in [-0.4, -0.2) is 44.2 Å². The van der Waals surface area contributed by atoms with Crippen LogP contribution < -0.4 is 4.90 Å². The summed E-state index contributed by atoms with van der Waals surface area (Å²) >= 11 is 6.01. The van der Waals surface area contributed by atoms with Gasteiger partial charge in [-0.05, 0) is 41.3 Å². The van der Waals surface area contributed by atoms with E-state index in [4.69, 9.17) is 16.3 Å². The van der Waals surface area contributed by atoms with Gasteiger partial charge in [0, 0.05) is 37.4 Å². The minimum absolute atomic E-state index is 0.134. The first kappa shape index (κ1) is 20.7. The molecule has 3 rings (SSSR count). The highest BCUT2D eigenvalue weighted by Crippen LogP contribution is 2.28. The number of morpholine rings is 1. The maximum absolute atomic E-state index is 13.2. The van der Waals surface area contributed by atoms with Gasteiger partial charge in [-0.1, -0.05) is 49.7 Å². The number of rotatable bonds is 6. The molecule has 0 N–H and O–H groups in total. The molecule has 0 spiro atoms. The number of ether oxygens (including phenoxy) is 1. The lowest BCUT2D eigenvalue weighted by Gasteiger charge is -2.29. The molecule has 1 heterocycles. The number of halogens is 1. The Kier molecular flexibility index (Phi) is 6.97. The van der Waals surface area contributed by atoms with Crippen LogP contribution in [0, 0.1) is 5.92 Å². The van der Waals surface area contributed by atoms with E-state index in [0.29, 0.717) is 11.6 Å². The summed E-state index contributed by atoms with van der Waals surface area (Å²) in [5.41, 5.74) is 3.35. The molecule has 0 aliphatic carbocycles. The fourth-order valence-corrected chi connectivity index (χ4v) is 3.83. The Balaban J connectivity index is 1.67. The molecular formula is C23H29ClN2O2. The highest BCUT2D eigenvalue weighted by molar-refractivity contribution is 6.30. The van der Waals surface area contributed by atoms with Crippen LogP contribution in [0.15, 0.2) is 48.5 Å². The first-order valence-corrected chi connectivity index (χ1v) is 10.3. The largest absolute Gasteiger partial charge is 0.378 e. The summed E-state index contributed by atoms with van der Waals surface area (Å²) in [5.74, 6) is 0.171. The summed E-state index contributed by atoms with van der Waals surface area (Å²) < 4.78 is 5.42. The van der Waals surface area contributed by atoms with Crippen molar-refractivity contribution >= 4 is 23.2 Å². The van der Waals surface area contributed by atoms with Crippen LogP contribution in [0.25, 0.3) is 0 Å². The van der Waals surface area contributed by atoms with E-state index >= 15 is 0 Å². The summed E-state index contributed by atoms with van der Waals surface area (Å²) in [7, 11) is 1.88. The van der Waals surface area contributed by atoms with Crippen LogP contribution in [-0.2, 0) is 16.1 Å². The minimum Gasteiger partial charge on any atom is -0.378 e. The van der Waals surface area contributed by atoms with Crippen molar-refractivity contribution in [2.75, 3.05) is 38.3 Å². The standard InChI is InChI=1S/C23H29ClN2O2/c1-17(2)22(19-6-8-20(24)9-7-19)23(27)25(3)16-18-4-10-21(11-5-18)26-12-14-28-15-13-26/h4-11,17,22H,12-16H2,1-3H3/t22-/m1/s1. The number of benzene rings is 2. The molecule has 5 heteroatoms. The molecule has 2 aromatic carbocycles. The van der Waals surface area contributed by atoms with E-state index in [2.05, 4.69) is 43.0 Å². The van der Waals surface area contributed by atoms with Gasteiger partial charge < -0.3 is 14.5 Å². The van der Waals surface area contributed by atoms with Gasteiger partial charge >= 0.3 is 0 Å². The predicted molar refractivity (Wildman–Crippen MR) is 115 cm³/mol. The molecule has 150 valence electrons. The van der Waals surface area contributed by atoms with Crippen molar-refractivity contribution in [1.29, 1.82) is 0 Å². The number of nitrogens with zero attached hydrogens (tertiary/aromatic N) is 2. The van der Waals surface area contributed by atoms with Crippen molar-refractivity contribution in [1.82, 2.24) is 4.90 Å². The highest BCUT2D eigenvalue weighted by Gasteiger charge is 2.27. The van der Waals surface area contributed by atoms with Crippen LogP contribution in [0.2, 0.25) is 5.02 Å². The Morgan fingerprint density at radius 3 is 2.25 bits per heavy atom. The smallest absolute Gasteiger partial charge is 0.230 e. The Morgan fingerprint density at radius 2 is 1.68 bits per heavy atom. The van der Waals surface area contributed by atoms with E-state index in [0.717, 1.165) is 37.4 Å². The zero-order valence-electron chi connectivity index (χ0n) is 16.9. The van der Waals surface area contributed by atoms with E-state index < -0.39 is 0 Å². The number of hydrogen-bond acceptors (Lipinski definition) is 3. The molecule has 0 unspecified atom stereocenters. The zero-order chi connectivity index (χ0) is 20.1. The minimum atomic E-state index is -0.171. The molecule has 1 aliphatic rings. The van der Waals surface area contributed by atoms with Crippen LogP contribution in [0.5, 0.6) is 0 Å². The number of carbonyl (C=O) groups is 1. The molecule has 1 fully saturated rings. The van der Waals surface area contributed by atoms with E-state index in [1.54, 1.807) is 0 Å². The van der Waals surface area contributed by atoms with Gasteiger partial charge in [0.2, 0.25) is 5.91 Å². The quantitative estimate of drug-likeness (QED) is 0.711. The lowest BCUT2D eigenvalue weighted by atomic mass is 9.87. The Bertz CT molecular complexity index is 768. The molecule has 1 aliphatic heterocycles. The Morgan fingerprint density at radius 1 is 1.07 bits per heavy atom. The maximum atomic E-state index is 13.2. The van der Waals surface area contributed by atoms with Gasteiger partial charge in [0.15, 0.2) is 0 Å². The van der Waals surface area contributed by atoms with Crippen LogP contribution in [0.4, 0.5) is 5.69 Å². The molecule has 0 radical (unpaired) electrons. The second kappa shape index (κ2) is 9.44. The van der Waals surface area contributed by atoms with Crippen molar-refractivity contribution in [3.05, 3.63) is 64.7 Å². The summed E-state index contributed by atoms with van der Waals surface area (Å²) in [5, 5.41) is 0.687. The average Bonchev–Trinajstić information content (AvgIpc) is 2.70. The van der Waals surface area contributed by atoms with Gasteiger partial charge in [-0.15, -0.1) is 0 Å². The molecule has 0 bridgehead atoms. The lowest BCUT2D eigenvalue weighted by Crippen LogP contribution is -2.36. The normalized spacial score (nSPS) is 15.5. The molecule has 1 saturated heterocycles. The molecule has 2 aromatic rings. The van der Waals surface area contributed by atoms with Gasteiger partial charge in [-0.3, -0.25) is 4.79 Å². The monoisotopic (exact) mass is 400 g/mol. The first-order valence-electron chi connectivity index (χ1n) is 9.88. The van der Waals surface area contributed by atoms with Crippen LogP contribution >= 0.6 is 11.6 Å². The van der Waals surface area contributed by atoms with Crippen LogP contribution in [0.3, 0.4) is 0 Å². The van der Waals surface area contributed by atoms with E-state index in [1.165, 1.54) is 5.69 Å². The van der Waals surface area contributed by atoms with Gasteiger partial charge in [0.25, 0.3) is 0 Å². The van der Waals surface area contributed by atoms with Crippen molar-refractivity contribution in [3.63, 3.8) is 0 Å². The van der Waals surface area contributed by atoms with Gasteiger partial charge in [-0.2, -0.15) is 0 Å². The molecular weight excluding hydrogens is 372 g/mol. The molecule has 0 aromatic heterocycles. The third-order valence-corrected chi connectivity index (χ3v) is 5.52. The summed E-state index contributed by atoms with van der Waals surface area (Å²) in [6.07, 6.45) is 0. The van der Waals surface area contributed by atoms with Crippen molar-refractivity contribution in [3.8, 4) is 0 Å². The number of hydrogen-bond donors (Lipinski definition) is 0. The molecule has 1 atom stereocenters. The fourth-order valence-electron chi connectivity index (χ4n) is 3.71. The number of amides is 1. The molecule has 0 saturated carbocycles. The average molecular weight is 401 g/mol. The first-order chi connectivity index (χ1) is 13.5. The summed E-state index contributed by atoms with van der Waals surface area (Å²) in [6, 6.07) is 16.1. The molecule has 1 amide bonds. The number of carbonyl (C=O) groups excluding carboxylic acids is 1. The Hall–Kier alpha value is -2.04. The fraction of sp³-hybridized carbons (Fsp3) is 0.435. The molecule has 28 heavy (non-hydrogen) atoms. The van der Waals surface area contributed by atoms with Crippen molar-refractivity contribution in [2.45, 2.75) is 26.3 Å². The molecule has 4 nitrogen and oxygen atoms in total. The Labute approximate surface area is 173 Å². The second-order valence-corrected chi connectivity index (χ2v) is 8.17. The van der Waals surface area contributed by atoms with E-state index in [1.807, 2.05) is 36.2 Å². The second-order valence-electron chi connectivity index (χ2n) is 7.73. The lowest BCUT2D eigenvalue weighted by molar-refractivity contribution is -0.133. The third-order valence-electron chi connectivity index (χ3n) is 5.27. The van der Waals surface area contributed by atoms with Crippen molar-refractivity contribution < 1.29 is 9.53 Å². The van der Waals surface area contributed by atoms with E-state index in [9.17, 15) is 4.79 Å². The summed E-state index contributed by atoms with van der Waals surface area (Å²) in [6.45, 7) is 8.17. The predicted octanol–water partition coefficient (Wildman–Crippen LogP) is 4.57. The maximum Gasteiger partial charge on any atom is 0.230 e. The van der Waals surface area contributed by atoms with Crippen LogP contribution in [0.1, 0.15) is 30.9 Å². The zero-order valence-corrected chi connectivity index (χ0v) is 17.7. The highest BCUT2D eigenvalue weighted by atomic mass is 35.5. The third kappa shape index (κ3) is 5.06. The SMILES string of the molecule is CC(C)[C@@H](C(=O)N(C)Cc1ccc(N2CCOCC2)cc1)c1ccc(Cl)cc1. The number of anilines is 1. The topological polar surface area (TPSA) is 32.8 Å². The van der Waals surface area contributed by atoms with Crippen molar-refractivity contribution in [2.24, 2.45) is 5.92 Å².